The molecule has 0 saturated carbocycles. The second-order valence-corrected chi connectivity index (χ2v) is 8.42. The van der Waals surface area contributed by atoms with E-state index >= 15 is 0 Å². The Morgan fingerprint density at radius 3 is 2.35 bits per heavy atom. The maximum absolute atomic E-state index is 12.3. The van der Waals surface area contributed by atoms with Crippen LogP contribution in [0.5, 0.6) is 5.88 Å². The molecule has 1 amide bonds. The van der Waals surface area contributed by atoms with Crippen LogP contribution in [-0.4, -0.2) is 53.8 Å². The van der Waals surface area contributed by atoms with Gasteiger partial charge in [-0.15, -0.1) is 5.10 Å². The van der Waals surface area contributed by atoms with Crippen molar-refractivity contribution in [3.8, 4) is 5.88 Å². The molecular weight excluding hydrogens is 379 g/mol. The molecule has 12 heteroatoms. The molecule has 1 saturated heterocycles. The van der Waals surface area contributed by atoms with Crippen LogP contribution in [-0.2, 0) is 14.9 Å². The maximum atomic E-state index is 12.3. The number of hydrogen-bond acceptors (Lipinski definition) is 6. The predicted molar refractivity (Wildman–Crippen MR) is 84.0 cm³/mol. The highest BCUT2D eigenvalue weighted by molar-refractivity contribution is 7.87. The number of halogens is 3. The molecule has 0 bridgehead atoms. The lowest BCUT2D eigenvalue weighted by molar-refractivity contribution is -0.0501. The number of alkyl halides is 3. The lowest BCUT2D eigenvalue weighted by atomic mass is 9.94. The average Bonchev–Trinajstić information content (AvgIpc) is 2.92. The van der Waals surface area contributed by atoms with Crippen molar-refractivity contribution >= 4 is 16.2 Å². The number of nitrogens with zero attached hydrogens (tertiary/aromatic N) is 2. The molecule has 2 rings (SSSR count). The van der Waals surface area contributed by atoms with E-state index in [9.17, 15) is 26.4 Å². The van der Waals surface area contributed by atoms with Gasteiger partial charge in [-0.2, -0.15) is 21.6 Å². The maximum Gasteiger partial charge on any atom is 0.534 e. The molecular formula is C14H20F3N3O5S. The third-order valence-electron chi connectivity index (χ3n) is 3.64. The summed E-state index contributed by atoms with van der Waals surface area (Å²) in [5.41, 5.74) is -5.68. The third kappa shape index (κ3) is 5.02. The highest BCUT2D eigenvalue weighted by atomic mass is 32.2. The van der Waals surface area contributed by atoms with Crippen LogP contribution < -0.4 is 4.18 Å². The van der Waals surface area contributed by atoms with Crippen LogP contribution in [0.2, 0.25) is 0 Å². The van der Waals surface area contributed by atoms with E-state index < -0.39 is 33.2 Å². The number of rotatable bonds is 3. The van der Waals surface area contributed by atoms with E-state index in [0.29, 0.717) is 31.6 Å². The van der Waals surface area contributed by atoms with Gasteiger partial charge in [0.05, 0.1) is 0 Å². The van der Waals surface area contributed by atoms with E-state index in [4.69, 9.17) is 4.74 Å². The Morgan fingerprint density at radius 2 is 1.85 bits per heavy atom. The molecule has 1 aliphatic rings. The first-order chi connectivity index (χ1) is 11.8. The smallest absolute Gasteiger partial charge is 0.444 e. The number of aromatic nitrogens is 2. The Balaban J connectivity index is 1.95. The first-order valence-corrected chi connectivity index (χ1v) is 9.23. The number of hydrogen-bond donors (Lipinski definition) is 1. The standard InChI is InChI=1S/C14H20F3N3O5S/c1-13(2,3)24-12(21)20-6-4-9(5-7-20)10-8-11(19-18-10)25-26(22,23)14(15,16)17/h8-9H,4-7H2,1-3H3,(H,18,19). The van der Waals surface area contributed by atoms with E-state index in [1.54, 1.807) is 25.7 Å². The monoisotopic (exact) mass is 399 g/mol. The highest BCUT2D eigenvalue weighted by Gasteiger charge is 2.49. The molecule has 148 valence electrons. The number of piperidine rings is 1. The molecule has 1 aromatic heterocycles. The van der Waals surface area contributed by atoms with Gasteiger partial charge in [0.25, 0.3) is 5.88 Å². The average molecular weight is 399 g/mol. The van der Waals surface area contributed by atoms with Crippen molar-refractivity contribution < 1.29 is 35.3 Å². The summed E-state index contributed by atoms with van der Waals surface area (Å²) in [6, 6.07) is 1.12. The first kappa shape index (κ1) is 20.3. The topological polar surface area (TPSA) is 102 Å². The van der Waals surface area contributed by atoms with Crippen molar-refractivity contribution in [2.24, 2.45) is 0 Å². The van der Waals surface area contributed by atoms with E-state index in [0.717, 1.165) is 6.07 Å². The van der Waals surface area contributed by atoms with Crippen molar-refractivity contribution in [2.75, 3.05) is 13.1 Å². The lowest BCUT2D eigenvalue weighted by Crippen LogP contribution is -2.41. The first-order valence-electron chi connectivity index (χ1n) is 7.82. The lowest BCUT2D eigenvalue weighted by Gasteiger charge is -2.33. The summed E-state index contributed by atoms with van der Waals surface area (Å²) < 4.78 is 68.2. The molecule has 1 fully saturated rings. The number of H-pyrrole nitrogens is 1. The minimum absolute atomic E-state index is 0.118. The fourth-order valence-corrected chi connectivity index (χ4v) is 2.83. The zero-order valence-corrected chi connectivity index (χ0v) is 15.3. The van der Waals surface area contributed by atoms with E-state index in [-0.39, 0.29) is 5.92 Å². The SMILES string of the molecule is CC(C)(C)OC(=O)N1CCC(c2cc(OS(=O)(=O)C(F)(F)F)n[nH]2)CC1. The van der Waals surface area contributed by atoms with Crippen molar-refractivity contribution in [3.05, 3.63) is 11.8 Å². The zero-order valence-electron chi connectivity index (χ0n) is 14.5. The predicted octanol–water partition coefficient (Wildman–Crippen LogP) is 2.75. The number of likely N-dealkylation sites (tertiary alicyclic amines) is 1. The van der Waals surface area contributed by atoms with Crippen LogP contribution in [0.25, 0.3) is 0 Å². The van der Waals surface area contributed by atoms with Gasteiger partial charge in [-0.1, -0.05) is 0 Å². The third-order valence-corrected chi connectivity index (χ3v) is 4.60. The zero-order chi connectivity index (χ0) is 19.8. The molecule has 0 spiro atoms. The second-order valence-electron chi connectivity index (χ2n) is 6.89. The van der Waals surface area contributed by atoms with Gasteiger partial charge in [0.1, 0.15) is 5.60 Å². The number of carbonyl (C=O) groups is 1. The molecule has 0 atom stereocenters. The van der Waals surface area contributed by atoms with Gasteiger partial charge < -0.3 is 13.8 Å². The number of ether oxygens (including phenoxy) is 1. The van der Waals surface area contributed by atoms with Crippen molar-refractivity contribution in [1.82, 2.24) is 15.1 Å². The fraction of sp³-hybridized carbons (Fsp3) is 0.714. The quantitative estimate of drug-likeness (QED) is 0.619. The van der Waals surface area contributed by atoms with Crippen LogP contribution in [0.1, 0.15) is 45.2 Å². The molecule has 1 aromatic rings. The van der Waals surface area contributed by atoms with Crippen molar-refractivity contribution in [2.45, 2.75) is 50.6 Å². The summed E-state index contributed by atoms with van der Waals surface area (Å²) in [5.74, 6) is -0.793. The van der Waals surface area contributed by atoms with Gasteiger partial charge in [-0.25, -0.2) is 4.79 Å². The molecule has 8 nitrogen and oxygen atoms in total. The molecule has 1 N–H and O–H groups in total. The van der Waals surface area contributed by atoms with Crippen LogP contribution in [0.4, 0.5) is 18.0 Å². The van der Waals surface area contributed by atoms with Crippen molar-refractivity contribution in [1.29, 1.82) is 0 Å². The number of nitrogens with one attached hydrogen (secondary N) is 1. The summed E-state index contributed by atoms with van der Waals surface area (Å²) in [4.78, 5) is 13.5. The highest BCUT2D eigenvalue weighted by Crippen LogP contribution is 2.31. The molecule has 1 aliphatic heterocycles. The van der Waals surface area contributed by atoms with Gasteiger partial charge in [0.15, 0.2) is 0 Å². The molecule has 2 heterocycles. The Hall–Kier alpha value is -1.98. The van der Waals surface area contributed by atoms with Crippen LogP contribution in [0.15, 0.2) is 6.07 Å². The summed E-state index contributed by atoms with van der Waals surface area (Å²) >= 11 is 0. The fourth-order valence-electron chi connectivity index (χ4n) is 2.43. The van der Waals surface area contributed by atoms with Crippen LogP contribution in [0, 0.1) is 0 Å². The van der Waals surface area contributed by atoms with Crippen LogP contribution in [0.3, 0.4) is 0 Å². The largest absolute Gasteiger partial charge is 0.534 e. The minimum Gasteiger partial charge on any atom is -0.444 e. The second kappa shape index (κ2) is 6.97. The summed E-state index contributed by atoms with van der Waals surface area (Å²) in [6.45, 7) is 6.08. The molecule has 0 aromatic carbocycles. The summed E-state index contributed by atoms with van der Waals surface area (Å²) in [5, 5.41) is 5.95. The number of amides is 1. The normalized spacial score (nSPS) is 17.2. The number of carbonyl (C=O) groups excluding carboxylic acids is 1. The Labute approximate surface area is 148 Å². The van der Waals surface area contributed by atoms with Gasteiger partial charge >= 0.3 is 21.7 Å². The van der Waals surface area contributed by atoms with Crippen LogP contribution >= 0.6 is 0 Å². The Morgan fingerprint density at radius 1 is 1.27 bits per heavy atom. The molecule has 0 unspecified atom stereocenters. The molecule has 0 aliphatic carbocycles. The molecule has 0 radical (unpaired) electrons. The molecule has 26 heavy (non-hydrogen) atoms. The van der Waals surface area contributed by atoms with E-state index in [2.05, 4.69) is 14.4 Å². The van der Waals surface area contributed by atoms with Gasteiger partial charge in [-0.3, -0.25) is 5.10 Å². The Kier molecular flexibility index (Phi) is 5.45. The minimum atomic E-state index is -5.76. The summed E-state index contributed by atoms with van der Waals surface area (Å²) in [7, 11) is -5.76. The van der Waals surface area contributed by atoms with Crippen molar-refractivity contribution in [3.63, 3.8) is 0 Å². The van der Waals surface area contributed by atoms with Gasteiger partial charge in [0, 0.05) is 30.8 Å². The van der Waals surface area contributed by atoms with E-state index in [1.165, 1.54) is 0 Å². The number of aromatic amines is 1. The Bertz CT molecular complexity index is 747. The van der Waals surface area contributed by atoms with E-state index in [1.807, 2.05) is 0 Å². The van der Waals surface area contributed by atoms with Gasteiger partial charge in [0.2, 0.25) is 0 Å². The summed E-state index contributed by atoms with van der Waals surface area (Å²) in [6.07, 6.45) is 0.612. The van der Waals surface area contributed by atoms with Gasteiger partial charge in [-0.05, 0) is 33.6 Å².